The van der Waals surface area contributed by atoms with E-state index in [0.29, 0.717) is 11.3 Å². The number of hydrogen-bond donors (Lipinski definition) is 3. The number of carbonyl (C=O) groups excluding carboxylic acids is 2. The van der Waals surface area contributed by atoms with Crippen molar-refractivity contribution in [3.05, 3.63) is 98.0 Å². The maximum absolute atomic E-state index is 12.4. The number of phenolic OH excluding ortho intramolecular Hbond substituents is 1. The molecule has 3 aromatic carbocycles. The number of rotatable bonds is 6. The highest BCUT2D eigenvalue weighted by molar-refractivity contribution is 9.10. The number of amides is 2. The van der Waals surface area contributed by atoms with Crippen LogP contribution in [0.5, 0.6) is 5.75 Å². The summed E-state index contributed by atoms with van der Waals surface area (Å²) in [5, 5.41) is 27.1. The fraction of sp³-hybridized carbons (Fsp3) is 0. The predicted octanol–water partition coefficient (Wildman–Crippen LogP) is 4.08. The van der Waals surface area contributed by atoms with Crippen molar-refractivity contribution < 1.29 is 19.6 Å². The highest BCUT2D eigenvalue weighted by Crippen LogP contribution is 2.20. The van der Waals surface area contributed by atoms with Gasteiger partial charge in [-0.05, 0) is 42.5 Å². The van der Waals surface area contributed by atoms with E-state index < -0.39 is 16.7 Å². The number of nitrogens with one attached hydrogen (secondary N) is 2. The van der Waals surface area contributed by atoms with Gasteiger partial charge in [0.05, 0.1) is 11.1 Å². The van der Waals surface area contributed by atoms with Gasteiger partial charge in [-0.2, -0.15) is 5.10 Å². The van der Waals surface area contributed by atoms with Gasteiger partial charge in [0.15, 0.2) is 0 Å². The van der Waals surface area contributed by atoms with Crippen LogP contribution in [0.4, 0.5) is 11.4 Å². The molecule has 156 valence electrons. The fourth-order valence-electron chi connectivity index (χ4n) is 2.56. The molecule has 0 aliphatic carbocycles. The first-order valence-electron chi connectivity index (χ1n) is 8.81. The second kappa shape index (κ2) is 9.63. The molecule has 3 rings (SSSR count). The predicted molar refractivity (Wildman–Crippen MR) is 118 cm³/mol. The Labute approximate surface area is 184 Å². The third-order valence-corrected chi connectivity index (χ3v) is 4.55. The number of benzene rings is 3. The lowest BCUT2D eigenvalue weighted by molar-refractivity contribution is -0.384. The second-order valence-electron chi connectivity index (χ2n) is 6.24. The number of carbonyl (C=O) groups is 2. The zero-order chi connectivity index (χ0) is 22.4. The number of phenols is 1. The third kappa shape index (κ3) is 5.73. The molecule has 0 spiro atoms. The molecule has 2 amide bonds. The minimum atomic E-state index is -0.587. The molecule has 10 heteroatoms. The summed E-state index contributed by atoms with van der Waals surface area (Å²) in [4.78, 5) is 35.0. The molecule has 0 radical (unpaired) electrons. The first-order chi connectivity index (χ1) is 14.8. The third-order valence-electron chi connectivity index (χ3n) is 4.06. The van der Waals surface area contributed by atoms with Crippen molar-refractivity contribution >= 4 is 45.3 Å². The number of hydrazone groups is 1. The molecule has 0 atom stereocenters. The largest absolute Gasteiger partial charge is 0.507 e. The second-order valence-corrected chi connectivity index (χ2v) is 7.16. The van der Waals surface area contributed by atoms with E-state index in [0.717, 1.165) is 10.5 Å². The molecule has 0 saturated heterocycles. The SMILES string of the molecule is O=C(NN=Cc1cc(Br)ccc1O)c1cccc(NC(=O)c2cccc([N+](=O)[O-])c2)c1. The summed E-state index contributed by atoms with van der Waals surface area (Å²) in [6.07, 6.45) is 1.30. The lowest BCUT2D eigenvalue weighted by atomic mass is 10.1. The molecular weight excluding hydrogens is 468 g/mol. The molecule has 0 bridgehead atoms. The van der Waals surface area contributed by atoms with E-state index in [2.05, 4.69) is 31.8 Å². The maximum atomic E-state index is 12.4. The number of aromatic hydroxyl groups is 1. The molecule has 0 fully saturated rings. The van der Waals surface area contributed by atoms with Crippen molar-refractivity contribution in [1.82, 2.24) is 5.43 Å². The van der Waals surface area contributed by atoms with Crippen molar-refractivity contribution in [2.75, 3.05) is 5.32 Å². The summed E-state index contributed by atoms with van der Waals surface area (Å²) in [6.45, 7) is 0. The Bertz CT molecular complexity index is 1200. The number of hydrogen-bond acceptors (Lipinski definition) is 6. The first-order valence-corrected chi connectivity index (χ1v) is 9.60. The average Bonchev–Trinajstić information content (AvgIpc) is 2.76. The quantitative estimate of drug-likeness (QED) is 0.276. The Hall–Kier alpha value is -4.05. The fourth-order valence-corrected chi connectivity index (χ4v) is 2.93. The van der Waals surface area contributed by atoms with Crippen LogP contribution in [0.3, 0.4) is 0 Å². The summed E-state index contributed by atoms with van der Waals surface area (Å²) in [5.41, 5.74) is 3.23. The standard InChI is InChI=1S/C21H15BrN4O5/c22-16-7-8-19(27)15(9-16)12-23-25-21(29)13-3-1-5-17(10-13)24-20(28)14-4-2-6-18(11-14)26(30)31/h1-12,27H,(H,24,28)(H,25,29). The van der Waals surface area contributed by atoms with E-state index in [1.165, 1.54) is 42.6 Å². The van der Waals surface area contributed by atoms with Gasteiger partial charge < -0.3 is 10.4 Å². The number of non-ortho nitro benzene ring substituents is 1. The minimum Gasteiger partial charge on any atom is -0.507 e. The number of nitro benzene ring substituents is 1. The van der Waals surface area contributed by atoms with Crippen LogP contribution in [0.1, 0.15) is 26.3 Å². The van der Waals surface area contributed by atoms with Crippen LogP contribution in [0, 0.1) is 10.1 Å². The molecule has 0 aliphatic rings. The van der Waals surface area contributed by atoms with Crippen LogP contribution in [0.2, 0.25) is 0 Å². The number of anilines is 1. The molecule has 0 aromatic heterocycles. The molecule has 0 unspecified atom stereocenters. The van der Waals surface area contributed by atoms with Gasteiger partial charge in [0.2, 0.25) is 0 Å². The summed E-state index contributed by atoms with van der Waals surface area (Å²) in [6, 6.07) is 16.2. The van der Waals surface area contributed by atoms with Crippen LogP contribution in [-0.4, -0.2) is 28.1 Å². The van der Waals surface area contributed by atoms with E-state index >= 15 is 0 Å². The Morgan fingerprint density at radius 2 is 1.71 bits per heavy atom. The van der Waals surface area contributed by atoms with Crippen molar-refractivity contribution in [1.29, 1.82) is 0 Å². The van der Waals surface area contributed by atoms with Gasteiger partial charge in [-0.15, -0.1) is 0 Å². The average molecular weight is 483 g/mol. The zero-order valence-corrected chi connectivity index (χ0v) is 17.4. The summed E-state index contributed by atoms with van der Waals surface area (Å²) in [7, 11) is 0. The van der Waals surface area contributed by atoms with E-state index in [1.54, 1.807) is 24.3 Å². The topological polar surface area (TPSA) is 134 Å². The smallest absolute Gasteiger partial charge is 0.271 e. The highest BCUT2D eigenvalue weighted by atomic mass is 79.9. The molecule has 9 nitrogen and oxygen atoms in total. The van der Waals surface area contributed by atoms with Gasteiger partial charge in [-0.3, -0.25) is 19.7 Å². The lowest BCUT2D eigenvalue weighted by Crippen LogP contribution is -2.18. The van der Waals surface area contributed by atoms with Gasteiger partial charge >= 0.3 is 0 Å². The number of nitrogens with zero attached hydrogens (tertiary/aromatic N) is 2. The van der Waals surface area contributed by atoms with Gasteiger partial charge in [0.25, 0.3) is 17.5 Å². The van der Waals surface area contributed by atoms with Crippen molar-refractivity contribution in [3.63, 3.8) is 0 Å². The van der Waals surface area contributed by atoms with E-state index in [9.17, 15) is 24.8 Å². The normalized spacial score (nSPS) is 10.6. The summed E-state index contributed by atoms with van der Waals surface area (Å²) < 4.78 is 0.741. The van der Waals surface area contributed by atoms with Crippen molar-refractivity contribution in [2.24, 2.45) is 5.10 Å². The monoisotopic (exact) mass is 482 g/mol. The van der Waals surface area contributed by atoms with Crippen molar-refractivity contribution in [3.8, 4) is 5.75 Å². The number of halogens is 1. The van der Waals surface area contributed by atoms with Crippen molar-refractivity contribution in [2.45, 2.75) is 0 Å². The molecule has 31 heavy (non-hydrogen) atoms. The van der Waals surface area contributed by atoms with Crippen LogP contribution in [0.25, 0.3) is 0 Å². The molecule has 3 aromatic rings. The van der Waals surface area contributed by atoms with Crippen LogP contribution in [0.15, 0.2) is 76.3 Å². The summed E-state index contributed by atoms with van der Waals surface area (Å²) in [5.74, 6) is -1.08. The van der Waals surface area contributed by atoms with Gasteiger partial charge in [0, 0.05) is 39.0 Å². The first kappa shape index (κ1) is 21.7. The van der Waals surface area contributed by atoms with E-state index in [4.69, 9.17) is 0 Å². The van der Waals surface area contributed by atoms with Gasteiger partial charge in [0.1, 0.15) is 5.75 Å². The lowest BCUT2D eigenvalue weighted by Gasteiger charge is -2.07. The van der Waals surface area contributed by atoms with Crippen LogP contribution >= 0.6 is 15.9 Å². The molecule has 0 saturated carbocycles. The zero-order valence-electron chi connectivity index (χ0n) is 15.8. The van der Waals surface area contributed by atoms with Gasteiger partial charge in [-0.1, -0.05) is 28.1 Å². The Balaban J connectivity index is 1.68. The summed E-state index contributed by atoms with van der Waals surface area (Å²) >= 11 is 3.28. The Morgan fingerprint density at radius 1 is 1.00 bits per heavy atom. The van der Waals surface area contributed by atoms with E-state index in [-0.39, 0.29) is 22.6 Å². The molecule has 3 N–H and O–H groups in total. The number of nitro groups is 1. The molecule has 0 aliphatic heterocycles. The van der Waals surface area contributed by atoms with Gasteiger partial charge in [-0.25, -0.2) is 5.43 Å². The van der Waals surface area contributed by atoms with E-state index in [1.807, 2.05) is 0 Å². The molecular formula is C21H15BrN4O5. The maximum Gasteiger partial charge on any atom is 0.271 e. The Kier molecular flexibility index (Phi) is 6.73. The minimum absolute atomic E-state index is 0.00653. The highest BCUT2D eigenvalue weighted by Gasteiger charge is 2.13. The Morgan fingerprint density at radius 3 is 2.45 bits per heavy atom. The van der Waals surface area contributed by atoms with Crippen LogP contribution in [-0.2, 0) is 0 Å². The van der Waals surface area contributed by atoms with Crippen LogP contribution < -0.4 is 10.7 Å². The molecule has 0 heterocycles.